The summed E-state index contributed by atoms with van der Waals surface area (Å²) in [5.74, 6) is -1.25. The van der Waals surface area contributed by atoms with E-state index in [1.165, 1.54) is 18.2 Å². The lowest BCUT2D eigenvalue weighted by Crippen LogP contribution is -2.19. The minimum atomic E-state index is -1.06. The predicted molar refractivity (Wildman–Crippen MR) is 64.2 cm³/mol. The van der Waals surface area contributed by atoms with Gasteiger partial charge >= 0.3 is 0 Å². The van der Waals surface area contributed by atoms with E-state index in [-0.39, 0.29) is 5.33 Å². The summed E-state index contributed by atoms with van der Waals surface area (Å²) in [6, 6.07) is 4.48. The molecule has 1 amide bonds. The molecule has 0 spiro atoms. The Hall–Kier alpha value is -1.24. The van der Waals surface area contributed by atoms with E-state index in [2.05, 4.69) is 21.2 Å². The maximum Gasteiger partial charge on any atom is 0.296 e. The maximum absolute atomic E-state index is 11.3. The SMILES string of the molecule is O=C1Nc2cc(C(O)C(O)CBr)ccc2C1=O. The third-order valence-corrected chi connectivity index (χ3v) is 3.27. The number of aliphatic hydroxyl groups excluding tert-OH is 2. The number of Topliss-reactive ketones (excluding diaryl/α,β-unsaturated/α-hetero) is 1. The quantitative estimate of drug-likeness (QED) is 0.564. The molecule has 0 aromatic heterocycles. The van der Waals surface area contributed by atoms with Crippen LogP contribution in [0.3, 0.4) is 0 Å². The molecule has 2 rings (SSSR count). The van der Waals surface area contributed by atoms with Crippen molar-refractivity contribution in [1.82, 2.24) is 0 Å². The van der Waals surface area contributed by atoms with Crippen LogP contribution in [0, 0.1) is 0 Å². The predicted octanol–water partition coefficient (Wildman–Crippen LogP) is 0.611. The molecule has 1 aliphatic heterocycles. The van der Waals surface area contributed by atoms with Crippen molar-refractivity contribution in [3.63, 3.8) is 0 Å². The molecule has 3 N–H and O–H groups in total. The number of carbonyl (C=O) groups excluding carboxylic acids is 2. The second kappa shape index (κ2) is 4.56. The van der Waals surface area contributed by atoms with Crippen LogP contribution in [0.25, 0.3) is 0 Å². The summed E-state index contributed by atoms with van der Waals surface area (Å²) in [6.45, 7) is 0. The lowest BCUT2D eigenvalue weighted by molar-refractivity contribution is -0.112. The summed E-state index contributed by atoms with van der Waals surface area (Å²) < 4.78 is 0. The van der Waals surface area contributed by atoms with Gasteiger partial charge in [-0.15, -0.1) is 0 Å². The number of fused-ring (bicyclic) bond motifs is 1. The van der Waals surface area contributed by atoms with Crippen LogP contribution in [-0.4, -0.2) is 33.3 Å². The molecular formula is C11H10BrNO4. The molecule has 17 heavy (non-hydrogen) atoms. The number of amides is 1. The second-order valence-electron chi connectivity index (χ2n) is 3.75. The molecule has 5 nitrogen and oxygen atoms in total. The molecular weight excluding hydrogens is 290 g/mol. The average molecular weight is 300 g/mol. The Morgan fingerprint density at radius 3 is 2.65 bits per heavy atom. The molecule has 0 bridgehead atoms. The fraction of sp³-hybridized carbons (Fsp3) is 0.273. The number of aliphatic hydroxyl groups is 2. The van der Waals surface area contributed by atoms with Gasteiger partial charge in [0.2, 0.25) is 0 Å². The van der Waals surface area contributed by atoms with Gasteiger partial charge in [0, 0.05) is 5.33 Å². The lowest BCUT2D eigenvalue weighted by atomic mass is 10.0. The Kier molecular flexibility index (Phi) is 3.28. The largest absolute Gasteiger partial charge is 0.389 e. The Labute approximate surface area is 106 Å². The van der Waals surface area contributed by atoms with Crippen LogP contribution in [-0.2, 0) is 4.79 Å². The van der Waals surface area contributed by atoms with Gasteiger partial charge in [0.15, 0.2) is 0 Å². The van der Waals surface area contributed by atoms with Gasteiger partial charge in [0.25, 0.3) is 11.7 Å². The zero-order valence-corrected chi connectivity index (χ0v) is 10.3. The minimum absolute atomic E-state index is 0.233. The molecule has 0 saturated heterocycles. The molecule has 0 fully saturated rings. The van der Waals surface area contributed by atoms with Crippen LogP contribution in [0.15, 0.2) is 18.2 Å². The van der Waals surface area contributed by atoms with Crippen LogP contribution in [0.4, 0.5) is 5.69 Å². The van der Waals surface area contributed by atoms with Crippen molar-refractivity contribution in [1.29, 1.82) is 0 Å². The first-order valence-corrected chi connectivity index (χ1v) is 6.08. The molecule has 0 aliphatic carbocycles. The average Bonchev–Trinajstić information content (AvgIpc) is 2.62. The molecule has 1 aromatic rings. The summed E-state index contributed by atoms with van der Waals surface area (Å²) >= 11 is 3.06. The molecule has 2 unspecified atom stereocenters. The van der Waals surface area contributed by atoms with Crippen molar-refractivity contribution in [2.45, 2.75) is 12.2 Å². The summed E-state index contributed by atoms with van der Waals surface area (Å²) in [4.78, 5) is 22.5. The van der Waals surface area contributed by atoms with Crippen LogP contribution >= 0.6 is 15.9 Å². The molecule has 1 aliphatic rings. The number of anilines is 1. The first kappa shape index (κ1) is 12.2. The first-order chi connectivity index (χ1) is 8.04. The van der Waals surface area contributed by atoms with Gasteiger partial charge in [-0.3, -0.25) is 9.59 Å². The van der Waals surface area contributed by atoms with Crippen molar-refractivity contribution < 1.29 is 19.8 Å². The third kappa shape index (κ3) is 2.11. The fourth-order valence-corrected chi connectivity index (χ4v) is 2.01. The van der Waals surface area contributed by atoms with Crippen LogP contribution in [0.1, 0.15) is 22.0 Å². The van der Waals surface area contributed by atoms with Gasteiger partial charge in [-0.25, -0.2) is 0 Å². The Bertz CT molecular complexity index is 488. The highest BCUT2D eigenvalue weighted by Crippen LogP contribution is 2.28. The Morgan fingerprint density at radius 2 is 2.00 bits per heavy atom. The Balaban J connectivity index is 2.33. The number of hydrogen-bond acceptors (Lipinski definition) is 4. The minimum Gasteiger partial charge on any atom is -0.389 e. The maximum atomic E-state index is 11.3. The zero-order valence-electron chi connectivity index (χ0n) is 8.68. The number of carbonyl (C=O) groups is 2. The molecule has 6 heteroatoms. The van der Waals surface area contributed by atoms with Gasteiger partial charge in [0.05, 0.1) is 17.4 Å². The number of alkyl halides is 1. The van der Waals surface area contributed by atoms with E-state index in [9.17, 15) is 19.8 Å². The van der Waals surface area contributed by atoms with Gasteiger partial charge in [-0.2, -0.15) is 0 Å². The van der Waals surface area contributed by atoms with Crippen molar-refractivity contribution in [2.24, 2.45) is 0 Å². The summed E-state index contributed by atoms with van der Waals surface area (Å²) in [5, 5.41) is 21.9. The number of nitrogens with one attached hydrogen (secondary N) is 1. The highest BCUT2D eigenvalue weighted by atomic mass is 79.9. The second-order valence-corrected chi connectivity index (χ2v) is 4.40. The van der Waals surface area contributed by atoms with E-state index in [0.29, 0.717) is 16.8 Å². The standard InChI is InChI=1S/C11H10BrNO4/c12-4-8(14)9(15)5-1-2-6-7(3-5)13-11(17)10(6)16/h1-3,8-9,14-15H,4H2,(H,13,16,17). The van der Waals surface area contributed by atoms with E-state index in [1.54, 1.807) is 0 Å². The van der Waals surface area contributed by atoms with Crippen molar-refractivity contribution in [3.05, 3.63) is 29.3 Å². The van der Waals surface area contributed by atoms with E-state index in [4.69, 9.17) is 0 Å². The number of halogens is 1. The summed E-state index contributed by atoms with van der Waals surface area (Å²) in [5.41, 5.74) is 1.11. The summed E-state index contributed by atoms with van der Waals surface area (Å²) in [7, 11) is 0. The van der Waals surface area contributed by atoms with E-state index in [0.717, 1.165) is 0 Å². The molecule has 0 saturated carbocycles. The molecule has 0 radical (unpaired) electrons. The highest BCUT2D eigenvalue weighted by Gasteiger charge is 2.29. The topological polar surface area (TPSA) is 86.6 Å². The molecule has 2 atom stereocenters. The van der Waals surface area contributed by atoms with Crippen molar-refractivity contribution in [3.8, 4) is 0 Å². The number of benzene rings is 1. The van der Waals surface area contributed by atoms with E-state index < -0.39 is 23.9 Å². The monoisotopic (exact) mass is 299 g/mol. The lowest BCUT2D eigenvalue weighted by Gasteiger charge is -2.16. The van der Waals surface area contributed by atoms with Gasteiger partial charge in [-0.05, 0) is 17.7 Å². The van der Waals surface area contributed by atoms with Gasteiger partial charge in [0.1, 0.15) is 6.10 Å². The van der Waals surface area contributed by atoms with Gasteiger partial charge < -0.3 is 15.5 Å². The zero-order chi connectivity index (χ0) is 12.6. The van der Waals surface area contributed by atoms with E-state index >= 15 is 0 Å². The molecule has 1 aromatic carbocycles. The fourth-order valence-electron chi connectivity index (χ4n) is 1.66. The van der Waals surface area contributed by atoms with Crippen LogP contribution in [0.2, 0.25) is 0 Å². The summed E-state index contributed by atoms with van der Waals surface area (Å²) in [6.07, 6.45) is -2.01. The third-order valence-electron chi connectivity index (χ3n) is 2.61. The highest BCUT2D eigenvalue weighted by molar-refractivity contribution is 9.09. The van der Waals surface area contributed by atoms with Crippen molar-refractivity contribution in [2.75, 3.05) is 10.6 Å². The van der Waals surface area contributed by atoms with Crippen molar-refractivity contribution >= 4 is 33.3 Å². The smallest absolute Gasteiger partial charge is 0.296 e. The first-order valence-electron chi connectivity index (χ1n) is 4.96. The molecule has 90 valence electrons. The van der Waals surface area contributed by atoms with Gasteiger partial charge in [-0.1, -0.05) is 22.0 Å². The number of rotatable bonds is 3. The number of hydrogen-bond donors (Lipinski definition) is 3. The van der Waals surface area contributed by atoms with E-state index in [1.807, 2.05) is 0 Å². The molecule has 1 heterocycles. The number of ketones is 1. The normalized spacial score (nSPS) is 17.6. The van der Waals surface area contributed by atoms with Crippen LogP contribution in [0.5, 0.6) is 0 Å². The Morgan fingerprint density at radius 1 is 1.29 bits per heavy atom. The van der Waals surface area contributed by atoms with Crippen LogP contribution < -0.4 is 5.32 Å².